The number of aliphatic hydroxyl groups excluding tert-OH is 1. The van der Waals surface area contributed by atoms with Gasteiger partial charge in [-0.2, -0.15) is 4.79 Å². The lowest BCUT2D eigenvalue weighted by atomic mass is 9.31. The highest BCUT2D eigenvalue weighted by Gasteiger charge is 2.75. The summed E-state index contributed by atoms with van der Waals surface area (Å²) in [7, 11) is 0. The Balaban J connectivity index is 1.67. The number of anilines is 1. The minimum Gasteiger partial charge on any atom is -0.398 e. The Labute approximate surface area is 221 Å². The fourth-order valence-corrected chi connectivity index (χ4v) is 7.30. The summed E-state index contributed by atoms with van der Waals surface area (Å²) in [4.78, 5) is 13.6. The van der Waals surface area contributed by atoms with Crippen molar-refractivity contribution in [2.24, 2.45) is 11.3 Å². The average Bonchev–Trinajstić information content (AvgIpc) is 2.86. The summed E-state index contributed by atoms with van der Waals surface area (Å²) >= 11 is 12.7. The molecule has 1 aromatic heterocycles. The van der Waals surface area contributed by atoms with Crippen LogP contribution in [0.1, 0.15) is 56.3 Å². The number of benzene rings is 2. The van der Waals surface area contributed by atoms with Crippen LogP contribution in [0.3, 0.4) is 0 Å². The molecular weight excluding hydrogens is 493 g/mol. The summed E-state index contributed by atoms with van der Waals surface area (Å²) in [5.41, 5.74) is 21.0. The molecule has 0 saturated heterocycles. The molecule has 6 nitrogen and oxygen atoms in total. The van der Waals surface area contributed by atoms with Gasteiger partial charge in [0.1, 0.15) is 5.41 Å². The van der Waals surface area contributed by atoms with Gasteiger partial charge in [0.05, 0.1) is 45.8 Å². The van der Waals surface area contributed by atoms with Gasteiger partial charge in [-0.25, -0.2) is 4.98 Å². The number of nitrogens with two attached hydrogens (primary N) is 1. The van der Waals surface area contributed by atoms with Crippen molar-refractivity contribution in [2.75, 3.05) is 5.73 Å². The largest absolute Gasteiger partial charge is 0.398 e. The molecule has 6 rings (SSSR count). The average molecular weight is 522 g/mol. The van der Waals surface area contributed by atoms with Gasteiger partial charge >= 0.3 is 0 Å². The fourth-order valence-electron chi connectivity index (χ4n) is 6.91. The van der Waals surface area contributed by atoms with E-state index in [2.05, 4.69) is 31.6 Å². The van der Waals surface area contributed by atoms with Crippen LogP contribution < -0.4 is 5.73 Å². The first kappa shape index (κ1) is 24.9. The van der Waals surface area contributed by atoms with Crippen LogP contribution in [-0.2, 0) is 17.4 Å². The number of para-hydroxylation sites is 1. The maximum Gasteiger partial charge on any atom is 0.281 e. The molecule has 3 N–H and O–H groups in total. The Hall–Kier alpha value is -2.76. The first-order valence-corrected chi connectivity index (χ1v) is 12.8. The molecule has 3 aromatic rings. The maximum atomic E-state index is 10.4. The van der Waals surface area contributed by atoms with Crippen molar-refractivity contribution in [3.05, 3.63) is 80.7 Å². The second-order valence-corrected chi connectivity index (χ2v) is 11.6. The van der Waals surface area contributed by atoms with Gasteiger partial charge in [0, 0.05) is 16.7 Å². The summed E-state index contributed by atoms with van der Waals surface area (Å²) in [5.74, 6) is 0.0869. The van der Waals surface area contributed by atoms with E-state index < -0.39 is 5.41 Å². The molecule has 2 bridgehead atoms. The summed E-state index contributed by atoms with van der Waals surface area (Å²) < 4.78 is 0. The summed E-state index contributed by atoms with van der Waals surface area (Å²) in [6.45, 7) is 8.11. The Morgan fingerprint density at radius 2 is 1.83 bits per heavy atom. The van der Waals surface area contributed by atoms with Crippen molar-refractivity contribution >= 4 is 34.6 Å². The van der Waals surface area contributed by atoms with Crippen LogP contribution in [0.15, 0.2) is 42.5 Å². The minimum absolute atomic E-state index is 0.0869. The highest BCUT2D eigenvalue weighted by Crippen LogP contribution is 2.72. The lowest BCUT2D eigenvalue weighted by molar-refractivity contribution is -0.129. The van der Waals surface area contributed by atoms with Gasteiger partial charge in [0.15, 0.2) is 0 Å². The van der Waals surface area contributed by atoms with Gasteiger partial charge < -0.3 is 16.4 Å². The van der Waals surface area contributed by atoms with Crippen molar-refractivity contribution in [3.63, 3.8) is 0 Å². The van der Waals surface area contributed by atoms with Crippen molar-refractivity contribution in [1.29, 1.82) is 0 Å². The van der Waals surface area contributed by atoms with Gasteiger partial charge in [0.25, 0.3) is 5.71 Å². The van der Waals surface area contributed by atoms with Crippen LogP contribution in [0.5, 0.6) is 0 Å². The molecule has 0 spiro atoms. The van der Waals surface area contributed by atoms with Crippen LogP contribution in [0, 0.1) is 18.3 Å². The highest BCUT2D eigenvalue weighted by molar-refractivity contribution is 6.43. The molecule has 3 saturated carbocycles. The number of aromatic nitrogens is 2. The van der Waals surface area contributed by atoms with E-state index >= 15 is 0 Å². The lowest BCUT2D eigenvalue weighted by Gasteiger charge is -2.69. The van der Waals surface area contributed by atoms with Crippen molar-refractivity contribution in [2.45, 2.75) is 58.0 Å². The first-order chi connectivity index (χ1) is 17.0. The summed E-state index contributed by atoms with van der Waals surface area (Å²) in [6.07, 6.45) is 1.39. The third-order valence-electron chi connectivity index (χ3n) is 9.01. The predicted molar refractivity (Wildman–Crippen MR) is 143 cm³/mol. The van der Waals surface area contributed by atoms with Crippen LogP contribution in [0.2, 0.25) is 10.0 Å². The van der Waals surface area contributed by atoms with E-state index in [-0.39, 0.29) is 23.4 Å². The summed E-state index contributed by atoms with van der Waals surface area (Å²) in [6, 6.07) is 13.3. The molecule has 0 amide bonds. The Kier molecular flexibility index (Phi) is 5.81. The number of aliphatic hydroxyl groups is 1. The number of nitrogens with zero attached hydrogens (tertiary/aromatic N) is 4. The van der Waals surface area contributed by atoms with E-state index in [9.17, 15) is 10.6 Å². The molecule has 3 unspecified atom stereocenters. The molecule has 3 atom stereocenters. The van der Waals surface area contributed by atoms with Gasteiger partial charge in [0.2, 0.25) is 0 Å². The SMILES string of the molecule is Cc1nc(C2(C)C(=[N+]=[N-])CC3(c4ccccc4N)CC2C3(C)C)c(CO)nc1-c1cccc(Cl)c1Cl. The molecule has 2 aromatic carbocycles. The van der Waals surface area contributed by atoms with Crippen LogP contribution in [-0.4, -0.2) is 25.6 Å². The van der Waals surface area contributed by atoms with Crippen LogP contribution >= 0.6 is 23.2 Å². The number of halogens is 2. The molecule has 0 radical (unpaired) electrons. The van der Waals surface area contributed by atoms with Gasteiger partial charge in [-0.3, -0.25) is 4.98 Å². The molecule has 3 fully saturated rings. The van der Waals surface area contributed by atoms with E-state index in [0.29, 0.717) is 50.5 Å². The molecule has 8 heteroatoms. The van der Waals surface area contributed by atoms with E-state index in [4.69, 9.17) is 38.9 Å². The molecule has 1 heterocycles. The lowest BCUT2D eigenvalue weighted by Crippen LogP contribution is -2.72. The number of fused-ring (bicyclic) bond motifs is 2. The highest BCUT2D eigenvalue weighted by atomic mass is 35.5. The van der Waals surface area contributed by atoms with Crippen molar-refractivity contribution in [1.82, 2.24) is 9.97 Å². The Bertz CT molecular complexity index is 1450. The van der Waals surface area contributed by atoms with Gasteiger partial charge in [-0.1, -0.05) is 67.4 Å². The molecular formula is C28H29Cl2N5O. The van der Waals surface area contributed by atoms with Gasteiger partial charge in [-0.05, 0) is 49.3 Å². The normalized spacial score (nSPS) is 26.3. The smallest absolute Gasteiger partial charge is 0.281 e. The number of aryl methyl sites for hydroxylation is 1. The van der Waals surface area contributed by atoms with E-state index in [0.717, 1.165) is 17.7 Å². The molecule has 0 aliphatic heterocycles. The zero-order valence-electron chi connectivity index (χ0n) is 20.8. The second-order valence-electron chi connectivity index (χ2n) is 10.8. The maximum absolute atomic E-state index is 10.4. The van der Waals surface area contributed by atoms with E-state index in [1.807, 2.05) is 37.3 Å². The number of rotatable bonds is 4. The Morgan fingerprint density at radius 3 is 2.47 bits per heavy atom. The summed E-state index contributed by atoms with van der Waals surface area (Å²) in [5, 5.41) is 11.2. The predicted octanol–water partition coefficient (Wildman–Crippen LogP) is 6.15. The molecule has 36 heavy (non-hydrogen) atoms. The number of nitrogen functional groups attached to an aromatic ring is 1. The fraction of sp³-hybridized carbons (Fsp3) is 0.393. The number of hydrogen-bond donors (Lipinski definition) is 2. The van der Waals surface area contributed by atoms with Crippen molar-refractivity contribution < 1.29 is 9.90 Å². The standard InChI is InChI=1S/C28H29Cl2N5O/c1-15-24(16-8-7-10-18(29)23(16)30)34-20(14-36)25(33-15)27(4)21-12-28(26(21,2)3,13-22(27)35-32)17-9-5-6-11-19(17)31/h5-11,21,36H,12-14,31H2,1-4H3. The molecule has 186 valence electrons. The first-order valence-electron chi connectivity index (χ1n) is 12.0. The second kappa shape index (κ2) is 8.39. The van der Waals surface area contributed by atoms with E-state index in [1.165, 1.54) is 0 Å². The Morgan fingerprint density at radius 1 is 1.11 bits per heavy atom. The van der Waals surface area contributed by atoms with Crippen LogP contribution in [0.4, 0.5) is 5.69 Å². The minimum atomic E-state index is -0.726. The zero-order valence-corrected chi connectivity index (χ0v) is 22.3. The van der Waals surface area contributed by atoms with Gasteiger partial charge in [-0.15, -0.1) is 0 Å². The van der Waals surface area contributed by atoms with E-state index in [1.54, 1.807) is 6.07 Å². The molecule has 3 aliphatic carbocycles. The van der Waals surface area contributed by atoms with Crippen molar-refractivity contribution in [3.8, 4) is 11.3 Å². The third-order valence-corrected chi connectivity index (χ3v) is 9.83. The third kappa shape index (κ3) is 3.15. The monoisotopic (exact) mass is 521 g/mol. The molecule has 3 aliphatic rings. The number of hydrogen-bond acceptors (Lipinski definition) is 4. The quantitative estimate of drug-likeness (QED) is 0.243. The van der Waals surface area contributed by atoms with Crippen LogP contribution in [0.25, 0.3) is 16.8 Å². The zero-order chi connectivity index (χ0) is 26.0. The topological polar surface area (TPSA) is 108 Å².